The molecule has 0 saturated heterocycles. The van der Waals surface area contributed by atoms with Crippen LogP contribution < -0.4 is 5.32 Å². The van der Waals surface area contributed by atoms with Gasteiger partial charge in [0.2, 0.25) is 5.13 Å². The molecule has 0 atom stereocenters. The Morgan fingerprint density at radius 1 is 1.06 bits per heavy atom. The number of carbonyl (C=O) groups is 1. The first kappa shape index (κ1) is 22.2. The maximum absolute atomic E-state index is 13.8. The zero-order chi connectivity index (χ0) is 22.8. The Morgan fingerprint density at radius 2 is 1.84 bits per heavy atom. The number of anilines is 2. The Bertz CT molecular complexity index is 1300. The van der Waals surface area contributed by atoms with Gasteiger partial charge in [0, 0.05) is 22.6 Å². The lowest BCUT2D eigenvalue weighted by atomic mass is 10.1. The van der Waals surface area contributed by atoms with Gasteiger partial charge in [0.25, 0.3) is 0 Å². The smallest absolute Gasteiger partial charge is 0.210 e. The zero-order valence-corrected chi connectivity index (χ0v) is 19.9. The Morgan fingerprint density at radius 3 is 2.59 bits per heavy atom. The molecule has 1 N–H and O–H groups in total. The first-order valence-electron chi connectivity index (χ1n) is 10.1. The SMILES string of the molecule is Cc1ccc(-n2c(C)cc(C(=O)CSc3nnc(Nc4ccccc4F)s3)c2C)cc1C. The Labute approximate surface area is 194 Å². The Hall–Kier alpha value is -2.97. The highest BCUT2D eigenvalue weighted by atomic mass is 32.2. The van der Waals surface area contributed by atoms with E-state index in [2.05, 4.69) is 52.1 Å². The van der Waals surface area contributed by atoms with Crippen molar-refractivity contribution in [2.75, 3.05) is 11.1 Å². The van der Waals surface area contributed by atoms with Crippen molar-refractivity contribution < 1.29 is 9.18 Å². The minimum Gasteiger partial charge on any atom is -0.328 e. The van der Waals surface area contributed by atoms with Crippen molar-refractivity contribution in [3.8, 4) is 5.69 Å². The summed E-state index contributed by atoms with van der Waals surface area (Å²) < 4.78 is 16.6. The first-order valence-corrected chi connectivity index (χ1v) is 11.9. The van der Waals surface area contributed by atoms with Crippen molar-refractivity contribution in [3.63, 3.8) is 0 Å². The number of para-hydroxylation sites is 1. The molecule has 2 heterocycles. The molecule has 0 spiro atoms. The molecule has 0 radical (unpaired) electrons. The molecule has 0 aliphatic heterocycles. The van der Waals surface area contributed by atoms with E-state index in [0.29, 0.717) is 20.7 Å². The average molecular weight is 467 g/mol. The average Bonchev–Trinajstić information content (AvgIpc) is 3.33. The molecule has 4 rings (SSSR count). The van der Waals surface area contributed by atoms with Crippen LogP contribution in [0, 0.1) is 33.5 Å². The number of hydrogen-bond acceptors (Lipinski definition) is 6. The van der Waals surface area contributed by atoms with Crippen molar-refractivity contribution in [1.82, 2.24) is 14.8 Å². The highest BCUT2D eigenvalue weighted by molar-refractivity contribution is 8.01. The number of ketones is 1. The van der Waals surface area contributed by atoms with Crippen molar-refractivity contribution in [2.24, 2.45) is 0 Å². The van der Waals surface area contributed by atoms with Gasteiger partial charge in [-0.1, -0.05) is 41.3 Å². The summed E-state index contributed by atoms with van der Waals surface area (Å²) in [7, 11) is 0. The molecule has 0 saturated carbocycles. The van der Waals surface area contributed by atoms with E-state index in [0.717, 1.165) is 17.1 Å². The second kappa shape index (κ2) is 9.26. The standard InChI is InChI=1S/C24H23FN4OS2/c1-14-9-10-18(11-15(14)2)29-16(3)12-19(17(29)4)22(30)13-31-24-28-27-23(32-24)26-21-8-6-5-7-20(21)25/h5-12H,13H2,1-4H3,(H,26,27). The number of aryl methyl sites for hydroxylation is 3. The van der Waals surface area contributed by atoms with Crippen LogP contribution in [0.25, 0.3) is 5.69 Å². The molecule has 5 nitrogen and oxygen atoms in total. The summed E-state index contributed by atoms with van der Waals surface area (Å²) in [5.41, 5.74) is 6.52. The van der Waals surface area contributed by atoms with Gasteiger partial charge in [-0.25, -0.2) is 4.39 Å². The van der Waals surface area contributed by atoms with E-state index in [1.54, 1.807) is 18.2 Å². The normalized spacial score (nSPS) is 11.0. The lowest BCUT2D eigenvalue weighted by Crippen LogP contribution is -2.05. The molecular weight excluding hydrogens is 443 g/mol. The minimum atomic E-state index is -0.355. The fraction of sp³-hybridized carbons (Fsp3) is 0.208. The Balaban J connectivity index is 1.45. The van der Waals surface area contributed by atoms with Gasteiger partial charge in [-0.05, 0) is 69.2 Å². The fourth-order valence-corrected chi connectivity index (χ4v) is 5.16. The second-order valence-corrected chi connectivity index (χ2v) is 9.78. The van der Waals surface area contributed by atoms with Crippen LogP contribution in [0.5, 0.6) is 0 Å². The van der Waals surface area contributed by atoms with Crippen LogP contribution in [0.1, 0.15) is 32.9 Å². The topological polar surface area (TPSA) is 59.8 Å². The van der Waals surface area contributed by atoms with Gasteiger partial charge in [-0.15, -0.1) is 10.2 Å². The number of halogens is 1. The summed E-state index contributed by atoms with van der Waals surface area (Å²) in [5.74, 6) is -0.0610. The molecule has 4 aromatic rings. The molecule has 0 aliphatic rings. The lowest BCUT2D eigenvalue weighted by molar-refractivity contribution is 0.102. The van der Waals surface area contributed by atoms with Crippen LogP contribution in [0.4, 0.5) is 15.2 Å². The van der Waals surface area contributed by atoms with Crippen molar-refractivity contribution in [3.05, 3.63) is 82.4 Å². The van der Waals surface area contributed by atoms with Gasteiger partial charge in [-0.3, -0.25) is 4.79 Å². The number of rotatable bonds is 7. The van der Waals surface area contributed by atoms with E-state index in [1.165, 1.54) is 40.3 Å². The van der Waals surface area contributed by atoms with E-state index >= 15 is 0 Å². The fourth-order valence-electron chi connectivity index (χ4n) is 3.51. The summed E-state index contributed by atoms with van der Waals surface area (Å²) in [4.78, 5) is 13.0. The molecule has 2 aromatic heterocycles. The number of thioether (sulfide) groups is 1. The minimum absolute atomic E-state index is 0.0389. The maximum atomic E-state index is 13.8. The highest BCUT2D eigenvalue weighted by Crippen LogP contribution is 2.30. The van der Waals surface area contributed by atoms with Gasteiger partial charge >= 0.3 is 0 Å². The van der Waals surface area contributed by atoms with Crippen LogP contribution in [-0.4, -0.2) is 26.3 Å². The predicted molar refractivity (Wildman–Crippen MR) is 129 cm³/mol. The summed E-state index contributed by atoms with van der Waals surface area (Å²) in [6.45, 7) is 8.16. The van der Waals surface area contributed by atoms with Crippen LogP contribution in [0.15, 0.2) is 52.9 Å². The molecule has 164 valence electrons. The number of Topliss-reactive ketones (excluding diaryl/α,β-unsaturated/α-hetero) is 1. The monoisotopic (exact) mass is 466 g/mol. The molecule has 0 bridgehead atoms. The number of benzene rings is 2. The molecule has 32 heavy (non-hydrogen) atoms. The summed E-state index contributed by atoms with van der Waals surface area (Å²) in [6, 6.07) is 14.7. The second-order valence-electron chi connectivity index (χ2n) is 7.58. The van der Waals surface area contributed by atoms with Gasteiger partial charge < -0.3 is 9.88 Å². The lowest BCUT2D eigenvalue weighted by Gasteiger charge is -2.12. The number of hydrogen-bond donors (Lipinski definition) is 1. The largest absolute Gasteiger partial charge is 0.328 e. The van der Waals surface area contributed by atoms with Crippen molar-refractivity contribution in [2.45, 2.75) is 32.0 Å². The van der Waals surface area contributed by atoms with Gasteiger partial charge in [0.15, 0.2) is 10.1 Å². The molecule has 0 amide bonds. The summed E-state index contributed by atoms with van der Waals surface area (Å²) >= 11 is 2.63. The van der Waals surface area contributed by atoms with Crippen LogP contribution in [0.2, 0.25) is 0 Å². The quantitative estimate of drug-likeness (QED) is 0.252. The number of carbonyl (C=O) groups excluding carboxylic acids is 1. The van der Waals surface area contributed by atoms with Crippen LogP contribution in [0.3, 0.4) is 0 Å². The highest BCUT2D eigenvalue weighted by Gasteiger charge is 2.18. The molecule has 8 heteroatoms. The van der Waals surface area contributed by atoms with Gasteiger partial charge in [0.05, 0.1) is 11.4 Å². The number of nitrogens with zero attached hydrogens (tertiary/aromatic N) is 3. The van der Waals surface area contributed by atoms with Gasteiger partial charge in [-0.2, -0.15) is 0 Å². The molecule has 2 aromatic carbocycles. The number of aromatic nitrogens is 3. The molecule has 0 unspecified atom stereocenters. The third-order valence-corrected chi connectivity index (χ3v) is 7.30. The van der Waals surface area contributed by atoms with Crippen molar-refractivity contribution in [1.29, 1.82) is 0 Å². The molecular formula is C24H23FN4OS2. The summed E-state index contributed by atoms with van der Waals surface area (Å²) in [5, 5.41) is 11.6. The van der Waals surface area contributed by atoms with E-state index in [1.807, 2.05) is 19.9 Å². The van der Waals surface area contributed by atoms with E-state index in [9.17, 15) is 9.18 Å². The maximum Gasteiger partial charge on any atom is 0.210 e. The molecule has 0 fully saturated rings. The number of nitrogens with one attached hydrogen (secondary N) is 1. The van der Waals surface area contributed by atoms with E-state index in [4.69, 9.17) is 0 Å². The van der Waals surface area contributed by atoms with E-state index in [-0.39, 0.29) is 17.4 Å². The molecule has 0 aliphatic carbocycles. The van der Waals surface area contributed by atoms with Crippen LogP contribution >= 0.6 is 23.1 Å². The van der Waals surface area contributed by atoms with Gasteiger partial charge in [0.1, 0.15) is 5.82 Å². The van der Waals surface area contributed by atoms with Crippen molar-refractivity contribution >= 4 is 39.7 Å². The first-order chi connectivity index (χ1) is 15.3. The third kappa shape index (κ3) is 4.61. The van der Waals surface area contributed by atoms with E-state index < -0.39 is 0 Å². The predicted octanol–water partition coefficient (Wildman–Crippen LogP) is 6.42. The zero-order valence-electron chi connectivity index (χ0n) is 18.3. The third-order valence-electron chi connectivity index (χ3n) is 5.33. The summed E-state index contributed by atoms with van der Waals surface area (Å²) in [6.07, 6.45) is 0. The van der Waals surface area contributed by atoms with Crippen LogP contribution in [-0.2, 0) is 0 Å². The Kier molecular flexibility index (Phi) is 6.43.